The van der Waals surface area contributed by atoms with Gasteiger partial charge in [0, 0.05) is 42.3 Å². The van der Waals surface area contributed by atoms with Crippen molar-refractivity contribution in [3.8, 4) is 11.5 Å². The van der Waals surface area contributed by atoms with E-state index in [-0.39, 0.29) is 24.1 Å². The summed E-state index contributed by atoms with van der Waals surface area (Å²) in [6.07, 6.45) is 1.51. The summed E-state index contributed by atoms with van der Waals surface area (Å²) in [6, 6.07) is 11.2. The largest absolute Gasteiger partial charge is 0.421 e. The highest BCUT2D eigenvalue weighted by molar-refractivity contribution is 6.07. The van der Waals surface area contributed by atoms with Gasteiger partial charge in [-0.1, -0.05) is 18.2 Å². The van der Waals surface area contributed by atoms with E-state index in [4.69, 9.17) is 4.42 Å². The number of anilines is 1. The lowest BCUT2D eigenvalue weighted by molar-refractivity contribution is -0.121. The molecular weight excluding hydrogens is 387 g/mol. The van der Waals surface area contributed by atoms with Crippen molar-refractivity contribution < 1.29 is 18.4 Å². The number of hydrogen-bond donors (Lipinski definition) is 2. The van der Waals surface area contributed by atoms with Crippen LogP contribution in [0.15, 0.2) is 58.7 Å². The van der Waals surface area contributed by atoms with Gasteiger partial charge in [0.25, 0.3) is 5.91 Å². The predicted molar refractivity (Wildman–Crippen MR) is 108 cm³/mol. The number of carbonyl (C=O) groups is 2. The normalized spacial score (nSPS) is 16.0. The molecule has 0 bridgehead atoms. The number of nitrogens with one attached hydrogen (secondary N) is 2. The second-order valence-corrected chi connectivity index (χ2v) is 7.09. The van der Waals surface area contributed by atoms with Crippen molar-refractivity contribution in [1.82, 2.24) is 15.5 Å². The molecule has 0 saturated carbocycles. The molecule has 0 aliphatic carbocycles. The maximum absolute atomic E-state index is 13.3. The van der Waals surface area contributed by atoms with E-state index in [1.165, 1.54) is 18.3 Å². The SMILES string of the molecule is Cc1nnc(-c2ccc(C)c(NC(=O)C3=CNC(=O)C[C@H]3c3ccc(F)cc3)c2)o1. The van der Waals surface area contributed by atoms with Gasteiger partial charge < -0.3 is 15.1 Å². The van der Waals surface area contributed by atoms with Crippen molar-refractivity contribution in [2.45, 2.75) is 26.2 Å². The van der Waals surface area contributed by atoms with Gasteiger partial charge in [-0.05, 0) is 42.3 Å². The number of aromatic nitrogens is 2. The van der Waals surface area contributed by atoms with Gasteiger partial charge in [0.15, 0.2) is 0 Å². The Hall–Kier alpha value is -3.81. The lowest BCUT2D eigenvalue weighted by atomic mass is 9.86. The quantitative estimate of drug-likeness (QED) is 0.690. The number of amides is 2. The first kappa shape index (κ1) is 19.5. The topological polar surface area (TPSA) is 97.1 Å². The van der Waals surface area contributed by atoms with E-state index in [0.29, 0.717) is 34.2 Å². The third-order valence-corrected chi connectivity index (χ3v) is 4.95. The Kier molecular flexibility index (Phi) is 5.14. The van der Waals surface area contributed by atoms with E-state index < -0.39 is 5.92 Å². The third-order valence-electron chi connectivity index (χ3n) is 4.95. The fraction of sp³-hybridized carbons (Fsp3) is 0.182. The fourth-order valence-corrected chi connectivity index (χ4v) is 3.33. The maximum Gasteiger partial charge on any atom is 0.253 e. The van der Waals surface area contributed by atoms with Gasteiger partial charge in [-0.2, -0.15) is 0 Å². The highest BCUT2D eigenvalue weighted by Crippen LogP contribution is 2.32. The molecule has 2 N–H and O–H groups in total. The molecule has 0 fully saturated rings. The molecule has 3 aromatic rings. The van der Waals surface area contributed by atoms with Gasteiger partial charge in [-0.15, -0.1) is 10.2 Å². The molecule has 1 aromatic heterocycles. The highest BCUT2D eigenvalue weighted by atomic mass is 19.1. The van der Waals surface area contributed by atoms with E-state index in [0.717, 1.165) is 5.56 Å². The number of hydrogen-bond acceptors (Lipinski definition) is 5. The summed E-state index contributed by atoms with van der Waals surface area (Å²) in [5.74, 6) is -0.603. The number of carbonyl (C=O) groups excluding carboxylic acids is 2. The van der Waals surface area contributed by atoms with Crippen LogP contribution in [0.1, 0.15) is 29.4 Å². The minimum Gasteiger partial charge on any atom is -0.421 e. The summed E-state index contributed by atoms with van der Waals surface area (Å²) in [5.41, 5.74) is 3.20. The Bertz CT molecular complexity index is 1150. The van der Waals surface area contributed by atoms with Gasteiger partial charge >= 0.3 is 0 Å². The standard InChI is InChI=1S/C22H19FN4O3/c1-12-3-4-15(22-27-26-13(2)30-22)9-19(12)25-21(29)18-11-24-20(28)10-17(18)14-5-7-16(23)8-6-14/h3-9,11,17H,10H2,1-2H3,(H,24,28)(H,25,29)/t17-/m0/s1. The summed E-state index contributed by atoms with van der Waals surface area (Å²) >= 11 is 0. The van der Waals surface area contributed by atoms with Crippen molar-refractivity contribution in [1.29, 1.82) is 0 Å². The molecule has 2 heterocycles. The smallest absolute Gasteiger partial charge is 0.253 e. The first-order valence-corrected chi connectivity index (χ1v) is 9.38. The molecule has 1 aliphatic rings. The zero-order valence-electron chi connectivity index (χ0n) is 16.4. The number of halogens is 1. The Balaban J connectivity index is 1.62. The van der Waals surface area contributed by atoms with Crippen LogP contribution in [0.3, 0.4) is 0 Å². The second-order valence-electron chi connectivity index (χ2n) is 7.09. The van der Waals surface area contributed by atoms with E-state index in [9.17, 15) is 14.0 Å². The molecule has 0 radical (unpaired) electrons. The van der Waals surface area contributed by atoms with Gasteiger partial charge in [0.2, 0.25) is 17.7 Å². The van der Waals surface area contributed by atoms with Crippen LogP contribution in [0, 0.1) is 19.7 Å². The zero-order valence-corrected chi connectivity index (χ0v) is 16.4. The van der Waals surface area contributed by atoms with Crippen LogP contribution in [-0.2, 0) is 9.59 Å². The highest BCUT2D eigenvalue weighted by Gasteiger charge is 2.29. The molecule has 152 valence electrons. The molecule has 30 heavy (non-hydrogen) atoms. The van der Waals surface area contributed by atoms with E-state index in [1.54, 1.807) is 25.1 Å². The molecule has 0 saturated heterocycles. The number of nitrogens with zero attached hydrogens (tertiary/aromatic N) is 2. The minimum atomic E-state index is -0.471. The van der Waals surface area contributed by atoms with Crippen LogP contribution in [-0.4, -0.2) is 22.0 Å². The summed E-state index contributed by atoms with van der Waals surface area (Å²) in [7, 11) is 0. The van der Waals surface area contributed by atoms with Crippen LogP contribution in [0.5, 0.6) is 0 Å². The molecule has 0 unspecified atom stereocenters. The van der Waals surface area contributed by atoms with E-state index in [2.05, 4.69) is 20.8 Å². The first-order chi connectivity index (χ1) is 14.4. The van der Waals surface area contributed by atoms with Gasteiger partial charge in [-0.3, -0.25) is 9.59 Å². The first-order valence-electron chi connectivity index (χ1n) is 9.38. The van der Waals surface area contributed by atoms with E-state index in [1.807, 2.05) is 19.1 Å². The number of rotatable bonds is 4. The average Bonchev–Trinajstić information content (AvgIpc) is 3.16. The van der Waals surface area contributed by atoms with Crippen molar-refractivity contribution in [2.75, 3.05) is 5.32 Å². The molecular formula is C22H19FN4O3. The Morgan fingerprint density at radius 1 is 1.17 bits per heavy atom. The average molecular weight is 406 g/mol. The maximum atomic E-state index is 13.3. The fourth-order valence-electron chi connectivity index (χ4n) is 3.33. The summed E-state index contributed by atoms with van der Waals surface area (Å²) < 4.78 is 18.8. The number of benzene rings is 2. The Morgan fingerprint density at radius 2 is 1.93 bits per heavy atom. The van der Waals surface area contributed by atoms with Crippen molar-refractivity contribution in [3.63, 3.8) is 0 Å². The van der Waals surface area contributed by atoms with Crippen LogP contribution >= 0.6 is 0 Å². The molecule has 2 amide bonds. The van der Waals surface area contributed by atoms with Gasteiger partial charge in [-0.25, -0.2) is 4.39 Å². The van der Waals surface area contributed by atoms with Gasteiger partial charge in [0.05, 0.1) is 0 Å². The van der Waals surface area contributed by atoms with Crippen molar-refractivity contribution >= 4 is 17.5 Å². The molecule has 1 aliphatic heterocycles. The second kappa shape index (κ2) is 7.90. The molecule has 8 heteroatoms. The summed E-state index contributed by atoms with van der Waals surface area (Å²) in [5, 5.41) is 13.3. The lowest BCUT2D eigenvalue weighted by Gasteiger charge is -2.24. The molecule has 1 atom stereocenters. The molecule has 0 spiro atoms. The predicted octanol–water partition coefficient (Wildman–Crippen LogP) is 3.62. The molecule has 2 aromatic carbocycles. The third kappa shape index (κ3) is 3.98. The van der Waals surface area contributed by atoms with Crippen molar-refractivity contribution in [2.24, 2.45) is 0 Å². The number of aryl methyl sites for hydroxylation is 2. The van der Waals surface area contributed by atoms with Crippen molar-refractivity contribution in [3.05, 3.63) is 77.1 Å². The van der Waals surface area contributed by atoms with Crippen LogP contribution in [0.25, 0.3) is 11.5 Å². The lowest BCUT2D eigenvalue weighted by Crippen LogP contribution is -2.32. The Morgan fingerprint density at radius 3 is 2.63 bits per heavy atom. The molecule has 7 nitrogen and oxygen atoms in total. The monoisotopic (exact) mass is 406 g/mol. The van der Waals surface area contributed by atoms with Gasteiger partial charge in [0.1, 0.15) is 5.82 Å². The van der Waals surface area contributed by atoms with E-state index >= 15 is 0 Å². The summed E-state index contributed by atoms with van der Waals surface area (Å²) in [4.78, 5) is 25.0. The zero-order chi connectivity index (χ0) is 21.3. The van der Waals surface area contributed by atoms with Crippen LogP contribution in [0.2, 0.25) is 0 Å². The van der Waals surface area contributed by atoms with Crippen LogP contribution in [0.4, 0.5) is 10.1 Å². The molecule has 4 rings (SSSR count). The Labute approximate surface area is 172 Å². The minimum absolute atomic E-state index is 0.102. The summed E-state index contributed by atoms with van der Waals surface area (Å²) in [6.45, 7) is 3.57. The van der Waals surface area contributed by atoms with Crippen LogP contribution < -0.4 is 10.6 Å².